The van der Waals surface area contributed by atoms with E-state index in [-0.39, 0.29) is 28.3 Å². The van der Waals surface area contributed by atoms with Crippen molar-refractivity contribution in [2.45, 2.75) is 39.7 Å². The van der Waals surface area contributed by atoms with E-state index in [2.05, 4.69) is 0 Å². The van der Waals surface area contributed by atoms with Crippen LogP contribution in [0.2, 0.25) is 0 Å². The highest BCUT2D eigenvalue weighted by Crippen LogP contribution is 2.43. The topological polar surface area (TPSA) is 106 Å². The number of hydrogen-bond acceptors (Lipinski definition) is 7. The van der Waals surface area contributed by atoms with Crippen LogP contribution in [0.15, 0.2) is 63.8 Å². The smallest absolute Gasteiger partial charge is 0.338 e. The Bertz CT molecular complexity index is 1650. The van der Waals surface area contributed by atoms with Crippen molar-refractivity contribution < 1.29 is 28.6 Å². The van der Waals surface area contributed by atoms with E-state index < -0.39 is 17.9 Å². The third-order valence-electron chi connectivity index (χ3n) is 7.12. The summed E-state index contributed by atoms with van der Waals surface area (Å²) in [6.07, 6.45) is 1.69. The largest absolute Gasteiger partial charge is 0.504 e. The van der Waals surface area contributed by atoms with Gasteiger partial charge < -0.3 is 19.0 Å². The van der Waals surface area contributed by atoms with Gasteiger partial charge in [0.05, 0.1) is 36.3 Å². The fourth-order valence-electron chi connectivity index (χ4n) is 4.82. The van der Waals surface area contributed by atoms with Crippen LogP contribution in [0, 0.1) is 13.8 Å². The number of carbonyl (C=O) groups excluding carboxylic acids is 2. The molecule has 1 amide bonds. The first-order chi connectivity index (χ1) is 18.7. The summed E-state index contributed by atoms with van der Waals surface area (Å²) in [5, 5.41) is 10.6. The number of aromatic hydroxyl groups is 1. The van der Waals surface area contributed by atoms with Crippen molar-refractivity contribution in [3.8, 4) is 11.5 Å². The van der Waals surface area contributed by atoms with Crippen molar-refractivity contribution in [1.82, 2.24) is 0 Å². The van der Waals surface area contributed by atoms with E-state index in [0.29, 0.717) is 34.4 Å². The van der Waals surface area contributed by atoms with Gasteiger partial charge >= 0.3 is 5.97 Å². The van der Waals surface area contributed by atoms with Crippen molar-refractivity contribution in [2.75, 3.05) is 18.6 Å². The molecule has 0 radical (unpaired) electrons. The number of carbonyl (C=O) groups is 2. The van der Waals surface area contributed by atoms with Crippen molar-refractivity contribution in [1.29, 1.82) is 0 Å². The number of fused-ring (bicyclic) bond motifs is 2. The number of esters is 1. The lowest BCUT2D eigenvalue weighted by Gasteiger charge is -2.25. The normalized spacial score (nSPS) is 14.5. The number of amides is 1. The maximum Gasteiger partial charge on any atom is 0.338 e. The average molecular weight is 528 g/mol. The molecule has 3 aromatic carbocycles. The monoisotopic (exact) mass is 527 g/mol. The highest BCUT2D eigenvalue weighted by Gasteiger charge is 2.44. The van der Waals surface area contributed by atoms with Gasteiger partial charge in [0.1, 0.15) is 5.58 Å². The fourth-order valence-corrected chi connectivity index (χ4v) is 4.82. The highest BCUT2D eigenvalue weighted by atomic mass is 16.5. The van der Waals surface area contributed by atoms with Gasteiger partial charge in [-0.3, -0.25) is 14.5 Å². The first-order valence-corrected chi connectivity index (χ1v) is 12.8. The number of benzene rings is 3. The van der Waals surface area contributed by atoms with Crippen LogP contribution in [0.5, 0.6) is 11.5 Å². The number of rotatable bonds is 7. The molecule has 1 unspecified atom stereocenters. The molecule has 8 heteroatoms. The number of phenols is 1. The molecule has 1 atom stereocenters. The third-order valence-corrected chi connectivity index (χ3v) is 7.12. The first-order valence-electron chi connectivity index (χ1n) is 12.8. The van der Waals surface area contributed by atoms with Gasteiger partial charge in [0.15, 0.2) is 16.9 Å². The van der Waals surface area contributed by atoms with E-state index in [4.69, 9.17) is 13.9 Å². The Morgan fingerprint density at radius 3 is 2.44 bits per heavy atom. The number of ether oxygens (including phenoxy) is 2. The number of phenolic OH excluding ortho intramolecular Hbond substituents is 1. The summed E-state index contributed by atoms with van der Waals surface area (Å²) in [7, 11) is 1.43. The summed E-state index contributed by atoms with van der Waals surface area (Å²) in [5.41, 5.74) is 3.47. The molecule has 200 valence electrons. The Hall–Kier alpha value is -4.59. The maximum absolute atomic E-state index is 13.9. The lowest BCUT2D eigenvalue weighted by molar-refractivity contribution is 0.0499. The molecule has 0 saturated heterocycles. The number of anilines is 1. The second-order valence-electron chi connectivity index (χ2n) is 9.65. The second-order valence-corrected chi connectivity index (χ2v) is 9.65. The van der Waals surface area contributed by atoms with Gasteiger partial charge in [0.25, 0.3) is 5.91 Å². The van der Waals surface area contributed by atoms with Gasteiger partial charge in [-0.25, -0.2) is 4.79 Å². The third kappa shape index (κ3) is 4.52. The van der Waals surface area contributed by atoms with Gasteiger partial charge in [0, 0.05) is 5.69 Å². The SMILES string of the molecule is CCCCOC(=O)c1ccc(N2C(=O)c3oc4cc(C)c(C)cc4c(=O)c3C2c2ccc(O)c(OC)c2)cc1. The molecule has 1 aromatic heterocycles. The van der Waals surface area contributed by atoms with E-state index >= 15 is 0 Å². The summed E-state index contributed by atoms with van der Waals surface area (Å²) in [4.78, 5) is 41.6. The van der Waals surface area contributed by atoms with Crippen molar-refractivity contribution in [3.63, 3.8) is 0 Å². The second kappa shape index (κ2) is 10.3. The molecule has 0 bridgehead atoms. The molecule has 0 spiro atoms. The van der Waals surface area contributed by atoms with E-state index in [1.54, 1.807) is 48.5 Å². The van der Waals surface area contributed by atoms with Crippen molar-refractivity contribution in [2.24, 2.45) is 0 Å². The first kappa shape index (κ1) is 26.0. The quantitative estimate of drug-likeness (QED) is 0.238. The zero-order chi connectivity index (χ0) is 27.8. The molecule has 1 aliphatic rings. The number of methoxy groups -OCH3 is 1. The molecule has 0 aliphatic carbocycles. The molecular formula is C31H29NO7. The van der Waals surface area contributed by atoms with Crippen LogP contribution in [0.25, 0.3) is 11.0 Å². The predicted octanol–water partition coefficient (Wildman–Crippen LogP) is 5.83. The van der Waals surface area contributed by atoms with E-state index in [0.717, 1.165) is 24.0 Å². The summed E-state index contributed by atoms with van der Waals surface area (Å²) >= 11 is 0. The molecule has 2 heterocycles. The standard InChI is InChI=1S/C31H29NO7/c1-5-6-13-38-31(36)19-7-10-21(11-8-19)32-27(20-9-12-23(33)25(16-20)37-4)26-28(34)22-14-17(2)18(3)15-24(22)39-29(26)30(32)35/h7-12,14-16,27,33H,5-6,13H2,1-4H3. The van der Waals surface area contributed by atoms with Gasteiger partial charge in [-0.2, -0.15) is 0 Å². The van der Waals surface area contributed by atoms with Crippen LogP contribution in [-0.4, -0.2) is 30.7 Å². The minimum atomic E-state index is -0.855. The van der Waals surface area contributed by atoms with E-state index in [1.165, 1.54) is 18.1 Å². The number of nitrogens with zero attached hydrogens (tertiary/aromatic N) is 1. The Labute approximate surface area is 225 Å². The maximum atomic E-state index is 13.9. The summed E-state index contributed by atoms with van der Waals surface area (Å²) < 4.78 is 16.7. The minimum absolute atomic E-state index is 0.0455. The Morgan fingerprint density at radius 1 is 1.03 bits per heavy atom. The van der Waals surface area contributed by atoms with Crippen molar-refractivity contribution >= 4 is 28.5 Å². The van der Waals surface area contributed by atoms with Gasteiger partial charge in [0.2, 0.25) is 5.76 Å². The molecule has 1 aliphatic heterocycles. The van der Waals surface area contributed by atoms with Gasteiger partial charge in [-0.15, -0.1) is 0 Å². The van der Waals surface area contributed by atoms with E-state index in [9.17, 15) is 19.5 Å². The number of hydrogen-bond donors (Lipinski definition) is 1. The van der Waals surface area contributed by atoms with Gasteiger partial charge in [-0.05, 0) is 85.5 Å². The zero-order valence-electron chi connectivity index (χ0n) is 22.2. The van der Waals surface area contributed by atoms with Gasteiger partial charge in [-0.1, -0.05) is 19.4 Å². The van der Waals surface area contributed by atoms with Crippen molar-refractivity contribution in [3.05, 3.63) is 98.4 Å². The zero-order valence-corrected chi connectivity index (χ0v) is 22.2. The van der Waals surface area contributed by atoms with Crippen LogP contribution in [-0.2, 0) is 4.74 Å². The number of aryl methyl sites for hydroxylation is 2. The average Bonchev–Trinajstić information content (AvgIpc) is 3.22. The molecule has 5 rings (SSSR count). The minimum Gasteiger partial charge on any atom is -0.504 e. The molecule has 0 fully saturated rings. The molecular weight excluding hydrogens is 498 g/mol. The lowest BCUT2D eigenvalue weighted by atomic mass is 9.97. The molecule has 0 saturated carbocycles. The van der Waals surface area contributed by atoms with Crippen LogP contribution in [0.1, 0.15) is 69.0 Å². The molecule has 1 N–H and O–H groups in total. The molecule has 8 nitrogen and oxygen atoms in total. The Morgan fingerprint density at radius 2 is 1.74 bits per heavy atom. The van der Waals surface area contributed by atoms with Crippen LogP contribution in [0.4, 0.5) is 5.69 Å². The van der Waals surface area contributed by atoms with Crippen LogP contribution in [0.3, 0.4) is 0 Å². The Balaban J connectivity index is 1.66. The summed E-state index contributed by atoms with van der Waals surface area (Å²) in [5.74, 6) is -0.844. The highest BCUT2D eigenvalue weighted by molar-refractivity contribution is 6.11. The fraction of sp³-hybridized carbons (Fsp3) is 0.258. The molecule has 39 heavy (non-hydrogen) atoms. The van der Waals surface area contributed by atoms with E-state index in [1.807, 2.05) is 20.8 Å². The summed E-state index contributed by atoms with van der Waals surface area (Å²) in [6.45, 7) is 6.17. The molecule has 4 aromatic rings. The summed E-state index contributed by atoms with van der Waals surface area (Å²) in [6, 6.07) is 13.8. The van der Waals surface area contributed by atoms with Crippen LogP contribution >= 0.6 is 0 Å². The Kier molecular flexibility index (Phi) is 6.87. The predicted molar refractivity (Wildman–Crippen MR) is 147 cm³/mol. The number of unbranched alkanes of at least 4 members (excludes halogenated alkanes) is 1. The lowest BCUT2D eigenvalue weighted by Crippen LogP contribution is -2.29. The van der Waals surface area contributed by atoms with Crippen LogP contribution < -0.4 is 15.1 Å².